The van der Waals surface area contributed by atoms with Crippen LogP contribution < -0.4 is 0 Å². The minimum absolute atomic E-state index is 0.815. The van der Waals surface area contributed by atoms with Crippen LogP contribution in [-0.2, 0) is 0 Å². The van der Waals surface area contributed by atoms with Crippen LogP contribution in [0.15, 0.2) is 182 Å². The maximum absolute atomic E-state index is 5.40. The van der Waals surface area contributed by atoms with Crippen molar-refractivity contribution in [3.8, 4) is 22.8 Å². The third kappa shape index (κ3) is 4.13. The first-order chi connectivity index (χ1) is 26.8. The first-order valence-electron chi connectivity index (χ1n) is 18.4. The Labute approximate surface area is 309 Å². The molecular formula is C50H30N4. The van der Waals surface area contributed by atoms with Crippen molar-refractivity contribution in [2.75, 3.05) is 0 Å². The molecule has 0 saturated carbocycles. The third-order valence-corrected chi connectivity index (χ3v) is 11.2. The molecule has 12 rings (SSSR count). The van der Waals surface area contributed by atoms with Gasteiger partial charge in [0.2, 0.25) is 0 Å². The fourth-order valence-corrected chi connectivity index (χ4v) is 8.81. The Balaban J connectivity index is 1.28. The summed E-state index contributed by atoms with van der Waals surface area (Å²) in [6.07, 6.45) is 0. The number of benzene rings is 9. The summed E-state index contributed by atoms with van der Waals surface area (Å²) in [5, 5.41) is 12.2. The van der Waals surface area contributed by atoms with E-state index in [1.54, 1.807) is 0 Å². The number of para-hydroxylation sites is 3. The van der Waals surface area contributed by atoms with Crippen molar-refractivity contribution >= 4 is 87.0 Å². The molecule has 12 aromatic rings. The molecule has 0 saturated heterocycles. The minimum Gasteiger partial charge on any atom is -0.308 e. The largest absolute Gasteiger partial charge is 0.308 e. The Hall–Kier alpha value is -7.30. The second kappa shape index (κ2) is 11.1. The van der Waals surface area contributed by atoms with Gasteiger partial charge < -0.3 is 4.57 Å². The van der Waals surface area contributed by atoms with Crippen LogP contribution in [0.1, 0.15) is 0 Å². The van der Waals surface area contributed by atoms with Crippen LogP contribution in [0, 0.1) is 0 Å². The van der Waals surface area contributed by atoms with Gasteiger partial charge in [-0.25, -0.2) is 9.97 Å². The summed E-state index contributed by atoms with van der Waals surface area (Å²) in [5.74, 6) is 0.815. The topological polar surface area (TPSA) is 35.6 Å². The van der Waals surface area contributed by atoms with Crippen molar-refractivity contribution in [2.24, 2.45) is 0 Å². The molecule has 54 heavy (non-hydrogen) atoms. The fraction of sp³-hybridized carbons (Fsp3) is 0. The Morgan fingerprint density at radius 2 is 0.870 bits per heavy atom. The van der Waals surface area contributed by atoms with Gasteiger partial charge in [-0.05, 0) is 75.5 Å². The molecule has 3 heterocycles. The van der Waals surface area contributed by atoms with Crippen LogP contribution in [0.3, 0.4) is 0 Å². The molecule has 0 unspecified atom stereocenters. The molecule has 4 nitrogen and oxygen atoms in total. The van der Waals surface area contributed by atoms with Gasteiger partial charge >= 0.3 is 0 Å². The minimum atomic E-state index is 0.815. The molecule has 0 fully saturated rings. The molecule has 0 N–H and O–H groups in total. The molecule has 0 aliphatic heterocycles. The van der Waals surface area contributed by atoms with Gasteiger partial charge in [0, 0.05) is 32.5 Å². The van der Waals surface area contributed by atoms with Gasteiger partial charge in [-0.15, -0.1) is 0 Å². The predicted molar refractivity (Wildman–Crippen MR) is 226 cm³/mol. The van der Waals surface area contributed by atoms with Crippen molar-refractivity contribution in [2.45, 2.75) is 0 Å². The smallest absolute Gasteiger partial charge is 0.165 e. The van der Waals surface area contributed by atoms with Gasteiger partial charge in [-0.1, -0.05) is 133 Å². The van der Waals surface area contributed by atoms with Crippen LogP contribution in [0.5, 0.6) is 0 Å². The van der Waals surface area contributed by atoms with Crippen molar-refractivity contribution in [1.82, 2.24) is 19.1 Å². The quantitative estimate of drug-likeness (QED) is 0.173. The zero-order valence-electron chi connectivity index (χ0n) is 29.1. The molecule has 0 bridgehead atoms. The Morgan fingerprint density at radius 1 is 0.315 bits per heavy atom. The van der Waals surface area contributed by atoms with E-state index in [1.807, 2.05) is 24.3 Å². The SMILES string of the molecule is c1ccc(-c2nc3ccccc3nc2-n2c3ccccc3c3cc4c5cc6ccccc6cc5n(-c5cc6ccccc6c6ccccc56)c4cc32)cc1. The maximum Gasteiger partial charge on any atom is 0.165 e. The average molecular weight is 687 g/mol. The van der Waals surface area contributed by atoms with E-state index < -0.39 is 0 Å². The maximum atomic E-state index is 5.40. The highest BCUT2D eigenvalue weighted by atomic mass is 15.1. The number of fused-ring (bicyclic) bond motifs is 11. The van der Waals surface area contributed by atoms with E-state index in [4.69, 9.17) is 9.97 Å². The van der Waals surface area contributed by atoms with E-state index >= 15 is 0 Å². The molecule has 0 amide bonds. The Morgan fingerprint density at radius 3 is 1.69 bits per heavy atom. The summed E-state index contributed by atoms with van der Waals surface area (Å²) in [6, 6.07) is 65.5. The second-order valence-corrected chi connectivity index (χ2v) is 14.2. The summed E-state index contributed by atoms with van der Waals surface area (Å²) in [7, 11) is 0. The number of nitrogens with zero attached hydrogens (tertiary/aromatic N) is 4. The molecule has 9 aromatic carbocycles. The second-order valence-electron chi connectivity index (χ2n) is 14.2. The van der Waals surface area contributed by atoms with Crippen LogP contribution in [0.4, 0.5) is 0 Å². The average Bonchev–Trinajstić information content (AvgIpc) is 3.72. The summed E-state index contributed by atoms with van der Waals surface area (Å²) < 4.78 is 4.83. The highest BCUT2D eigenvalue weighted by Gasteiger charge is 2.23. The fourth-order valence-electron chi connectivity index (χ4n) is 8.81. The lowest BCUT2D eigenvalue weighted by molar-refractivity contribution is 1.08. The van der Waals surface area contributed by atoms with Gasteiger partial charge in [-0.3, -0.25) is 4.57 Å². The normalized spacial score (nSPS) is 12.1. The van der Waals surface area contributed by atoms with Crippen LogP contribution in [-0.4, -0.2) is 19.1 Å². The highest BCUT2D eigenvalue weighted by Crippen LogP contribution is 2.43. The first kappa shape index (κ1) is 29.3. The first-order valence-corrected chi connectivity index (χ1v) is 18.4. The molecular weight excluding hydrogens is 657 g/mol. The van der Waals surface area contributed by atoms with Gasteiger partial charge in [0.15, 0.2) is 5.82 Å². The molecule has 0 aliphatic carbocycles. The number of hydrogen-bond donors (Lipinski definition) is 0. The summed E-state index contributed by atoms with van der Waals surface area (Å²) in [4.78, 5) is 10.7. The molecule has 0 radical (unpaired) electrons. The van der Waals surface area contributed by atoms with Gasteiger partial charge in [0.05, 0.1) is 38.8 Å². The lowest BCUT2D eigenvalue weighted by atomic mass is 10.00. The van der Waals surface area contributed by atoms with Crippen LogP contribution in [0.2, 0.25) is 0 Å². The number of aromatic nitrogens is 4. The zero-order chi connectivity index (χ0) is 35.3. The van der Waals surface area contributed by atoms with Crippen LogP contribution >= 0.6 is 0 Å². The lowest BCUT2D eigenvalue weighted by Crippen LogP contribution is -2.04. The van der Waals surface area contributed by atoms with Crippen molar-refractivity contribution in [3.63, 3.8) is 0 Å². The lowest BCUT2D eigenvalue weighted by Gasteiger charge is -2.15. The van der Waals surface area contributed by atoms with Gasteiger partial charge in [0.1, 0.15) is 5.69 Å². The number of hydrogen-bond acceptors (Lipinski definition) is 2. The van der Waals surface area contributed by atoms with Crippen LogP contribution in [0.25, 0.3) is 110 Å². The highest BCUT2D eigenvalue weighted by molar-refractivity contribution is 6.22. The number of rotatable bonds is 3. The van der Waals surface area contributed by atoms with E-state index in [9.17, 15) is 0 Å². The molecule has 3 aromatic heterocycles. The summed E-state index contributed by atoms with van der Waals surface area (Å²) >= 11 is 0. The van der Waals surface area contributed by atoms with E-state index in [0.29, 0.717) is 0 Å². The zero-order valence-corrected chi connectivity index (χ0v) is 29.1. The van der Waals surface area contributed by atoms with Gasteiger partial charge in [0.25, 0.3) is 0 Å². The van der Waals surface area contributed by atoms with Gasteiger partial charge in [-0.2, -0.15) is 0 Å². The van der Waals surface area contributed by atoms with Crippen molar-refractivity contribution in [1.29, 1.82) is 0 Å². The Kier molecular flexibility index (Phi) is 6.02. The molecule has 0 aliphatic rings. The Bertz CT molecular complexity index is 3500. The molecule has 0 spiro atoms. The standard InChI is InChI=1S/C50H30N4/c1-2-14-31(15-3-1)49-50(52-43-24-12-11-23-42(43)51-49)54-44-25-13-10-22-38(44)40-29-41-39-26-32-16-4-5-17-33(32)27-46(39)53(47(41)30-48(40)54)45-28-34-18-6-7-19-35(34)36-20-8-9-21-37(36)45/h1-30H. The predicted octanol–water partition coefficient (Wildman–Crippen LogP) is 13.0. The van der Waals surface area contributed by atoms with Crippen molar-refractivity contribution < 1.29 is 0 Å². The van der Waals surface area contributed by atoms with Crippen molar-refractivity contribution in [3.05, 3.63) is 182 Å². The summed E-state index contributed by atoms with van der Waals surface area (Å²) in [6.45, 7) is 0. The molecule has 4 heteroatoms. The van der Waals surface area contributed by atoms with E-state index in [-0.39, 0.29) is 0 Å². The van der Waals surface area contributed by atoms with E-state index in [1.165, 1.54) is 59.4 Å². The van der Waals surface area contributed by atoms with E-state index in [2.05, 4.69) is 167 Å². The third-order valence-electron chi connectivity index (χ3n) is 11.2. The van der Waals surface area contributed by atoms with E-state index in [0.717, 1.165) is 50.3 Å². The monoisotopic (exact) mass is 686 g/mol. The molecule has 250 valence electrons. The molecule has 0 atom stereocenters. The summed E-state index contributed by atoms with van der Waals surface area (Å²) in [5.41, 5.74) is 9.29.